The van der Waals surface area contributed by atoms with Gasteiger partial charge in [-0.05, 0) is 5.56 Å². The highest BCUT2D eigenvalue weighted by Gasteiger charge is 2.04. The molecule has 14 heavy (non-hydrogen) atoms. The number of hydrogen-bond donors (Lipinski definition) is 2. The molecule has 0 spiro atoms. The van der Waals surface area contributed by atoms with Crippen molar-refractivity contribution < 1.29 is 0 Å². The van der Waals surface area contributed by atoms with Crippen molar-refractivity contribution in [2.24, 2.45) is 0 Å². The fraction of sp³-hybridized carbons (Fsp3) is 0.111. The third kappa shape index (κ3) is 1.52. The summed E-state index contributed by atoms with van der Waals surface area (Å²) in [4.78, 5) is 10.9. The molecule has 1 heterocycles. The zero-order chi connectivity index (χ0) is 9.97. The van der Waals surface area contributed by atoms with Crippen LogP contribution in [0.15, 0.2) is 35.1 Å². The van der Waals surface area contributed by atoms with E-state index in [9.17, 15) is 4.79 Å². The second kappa shape index (κ2) is 3.37. The first-order valence-electron chi connectivity index (χ1n) is 4.22. The van der Waals surface area contributed by atoms with E-state index in [1.54, 1.807) is 0 Å². The largest absolute Gasteiger partial charge is 0.361 e. The van der Waals surface area contributed by atoms with Gasteiger partial charge in [-0.25, -0.2) is 9.89 Å². The minimum absolute atomic E-state index is 0.393. The third-order valence-electron chi connectivity index (χ3n) is 1.98. The molecule has 1 aromatic carbocycles. The van der Waals surface area contributed by atoms with Crippen molar-refractivity contribution in [2.45, 2.75) is 6.42 Å². The number of aromatic amines is 1. The second-order valence-electron chi connectivity index (χ2n) is 2.98. The maximum atomic E-state index is 10.9. The van der Waals surface area contributed by atoms with Gasteiger partial charge in [-0.15, -0.1) is 0 Å². The van der Waals surface area contributed by atoms with E-state index in [1.165, 1.54) is 0 Å². The van der Waals surface area contributed by atoms with Crippen LogP contribution >= 0.6 is 0 Å². The van der Waals surface area contributed by atoms with Gasteiger partial charge >= 0.3 is 5.69 Å². The van der Waals surface area contributed by atoms with Crippen molar-refractivity contribution in [1.82, 2.24) is 14.9 Å². The van der Waals surface area contributed by atoms with E-state index in [2.05, 4.69) is 10.2 Å². The Morgan fingerprint density at radius 2 is 2.07 bits per heavy atom. The molecule has 1 aromatic heterocycles. The monoisotopic (exact) mass is 190 g/mol. The van der Waals surface area contributed by atoms with Gasteiger partial charge in [0.05, 0.1) is 0 Å². The molecule has 0 aliphatic rings. The Hall–Kier alpha value is -2.04. The number of nitrogen functional groups attached to an aromatic ring is 1. The maximum Gasteiger partial charge on any atom is 0.361 e. The predicted octanol–water partition coefficient (Wildman–Crippen LogP) is -0.124. The topological polar surface area (TPSA) is 76.7 Å². The van der Waals surface area contributed by atoms with Crippen LogP contribution in [0.5, 0.6) is 0 Å². The van der Waals surface area contributed by atoms with Crippen molar-refractivity contribution in [3.8, 4) is 0 Å². The fourth-order valence-electron chi connectivity index (χ4n) is 1.24. The van der Waals surface area contributed by atoms with E-state index in [1.807, 2.05) is 30.3 Å². The van der Waals surface area contributed by atoms with Gasteiger partial charge in [0, 0.05) is 6.42 Å². The van der Waals surface area contributed by atoms with E-state index in [0.717, 1.165) is 10.2 Å². The smallest absolute Gasteiger partial charge is 0.333 e. The molecule has 2 rings (SSSR count). The molecule has 0 aliphatic carbocycles. The van der Waals surface area contributed by atoms with Gasteiger partial charge in [-0.1, -0.05) is 30.3 Å². The number of nitrogens with zero attached hydrogens (tertiary/aromatic N) is 2. The normalized spacial score (nSPS) is 10.3. The number of H-pyrrole nitrogens is 1. The summed E-state index contributed by atoms with van der Waals surface area (Å²) < 4.78 is 1.02. The number of benzene rings is 1. The van der Waals surface area contributed by atoms with Crippen molar-refractivity contribution in [1.29, 1.82) is 0 Å². The molecule has 0 bridgehead atoms. The Balaban J connectivity index is 2.28. The molecule has 72 valence electrons. The average molecular weight is 190 g/mol. The van der Waals surface area contributed by atoms with E-state index >= 15 is 0 Å². The zero-order valence-electron chi connectivity index (χ0n) is 7.47. The van der Waals surface area contributed by atoms with Crippen molar-refractivity contribution >= 4 is 0 Å². The molecule has 0 unspecified atom stereocenters. The van der Waals surface area contributed by atoms with Gasteiger partial charge in [0.1, 0.15) is 0 Å². The number of hydrogen-bond acceptors (Lipinski definition) is 3. The molecule has 0 fully saturated rings. The summed E-state index contributed by atoms with van der Waals surface area (Å²) in [5.74, 6) is 5.99. The standard InChI is InChI=1S/C9H10N4O/c10-13-8(11-12-9(13)14)6-7-4-2-1-3-5-7/h1-5H,6,10H2,(H,12,14). The lowest BCUT2D eigenvalue weighted by Gasteiger charge is -1.98. The van der Waals surface area contributed by atoms with E-state index < -0.39 is 5.69 Å². The van der Waals surface area contributed by atoms with Crippen LogP contribution in [0.2, 0.25) is 0 Å². The van der Waals surface area contributed by atoms with E-state index in [-0.39, 0.29) is 0 Å². The highest BCUT2D eigenvalue weighted by atomic mass is 16.2. The number of nitrogens with one attached hydrogen (secondary N) is 1. The minimum Gasteiger partial charge on any atom is -0.333 e. The lowest BCUT2D eigenvalue weighted by molar-refractivity contribution is 0.855. The summed E-state index contributed by atoms with van der Waals surface area (Å²) in [5.41, 5.74) is 0.675. The minimum atomic E-state index is -0.393. The Morgan fingerprint density at radius 3 is 2.64 bits per heavy atom. The lowest BCUT2D eigenvalue weighted by Crippen LogP contribution is -2.26. The summed E-state index contributed by atoms with van der Waals surface area (Å²) in [6, 6.07) is 9.71. The van der Waals surface area contributed by atoms with Gasteiger partial charge in [-0.2, -0.15) is 9.77 Å². The Kier molecular flexibility index (Phi) is 2.06. The summed E-state index contributed by atoms with van der Waals surface area (Å²) in [6.07, 6.45) is 0.552. The van der Waals surface area contributed by atoms with Crippen molar-refractivity contribution in [3.05, 3.63) is 52.2 Å². The molecule has 0 atom stereocenters. The van der Waals surface area contributed by atoms with Crippen LogP contribution in [0.1, 0.15) is 11.4 Å². The molecule has 5 heteroatoms. The molecule has 0 saturated heterocycles. The van der Waals surface area contributed by atoms with Gasteiger partial charge in [0.2, 0.25) is 0 Å². The van der Waals surface area contributed by atoms with Gasteiger partial charge in [0.15, 0.2) is 5.82 Å². The van der Waals surface area contributed by atoms with E-state index in [4.69, 9.17) is 5.84 Å². The highest BCUT2D eigenvalue weighted by molar-refractivity contribution is 5.18. The Labute approximate surface area is 80.2 Å². The van der Waals surface area contributed by atoms with Crippen LogP contribution < -0.4 is 11.5 Å². The van der Waals surface area contributed by atoms with Gasteiger partial charge in [0.25, 0.3) is 0 Å². The van der Waals surface area contributed by atoms with E-state index in [0.29, 0.717) is 12.2 Å². The van der Waals surface area contributed by atoms with Crippen LogP contribution in [0, 0.1) is 0 Å². The highest BCUT2D eigenvalue weighted by Crippen LogP contribution is 2.03. The van der Waals surface area contributed by atoms with Gasteiger partial charge < -0.3 is 5.84 Å². The SMILES string of the molecule is Nn1c(Cc2ccccc2)n[nH]c1=O. The molecule has 0 amide bonds. The second-order valence-corrected chi connectivity index (χ2v) is 2.98. The van der Waals surface area contributed by atoms with Crippen LogP contribution in [-0.2, 0) is 6.42 Å². The summed E-state index contributed by atoms with van der Waals surface area (Å²) in [6.45, 7) is 0. The predicted molar refractivity (Wildman–Crippen MR) is 52.2 cm³/mol. The molecule has 0 aliphatic heterocycles. The zero-order valence-corrected chi connectivity index (χ0v) is 7.47. The Morgan fingerprint density at radius 1 is 1.36 bits per heavy atom. The molecular weight excluding hydrogens is 180 g/mol. The van der Waals surface area contributed by atoms with Crippen LogP contribution in [0.4, 0.5) is 0 Å². The molecule has 5 nitrogen and oxygen atoms in total. The molecule has 2 aromatic rings. The third-order valence-corrected chi connectivity index (χ3v) is 1.98. The number of nitrogens with two attached hydrogens (primary N) is 1. The fourth-order valence-corrected chi connectivity index (χ4v) is 1.24. The first-order chi connectivity index (χ1) is 6.77. The molecule has 3 N–H and O–H groups in total. The molecular formula is C9H10N4O. The Bertz CT molecular complexity index is 471. The van der Waals surface area contributed by atoms with Crippen LogP contribution in [0.3, 0.4) is 0 Å². The van der Waals surface area contributed by atoms with Crippen LogP contribution in [0.25, 0.3) is 0 Å². The first kappa shape index (κ1) is 8.55. The first-order valence-corrected chi connectivity index (χ1v) is 4.22. The van der Waals surface area contributed by atoms with Crippen molar-refractivity contribution in [3.63, 3.8) is 0 Å². The molecule has 0 saturated carbocycles. The average Bonchev–Trinajstić information content (AvgIpc) is 2.52. The van der Waals surface area contributed by atoms with Crippen LogP contribution in [-0.4, -0.2) is 14.9 Å². The summed E-state index contributed by atoms with van der Waals surface area (Å²) in [7, 11) is 0. The van der Waals surface area contributed by atoms with Crippen molar-refractivity contribution in [2.75, 3.05) is 5.84 Å². The lowest BCUT2D eigenvalue weighted by atomic mass is 10.1. The maximum absolute atomic E-state index is 10.9. The quantitative estimate of drug-likeness (QED) is 0.648. The summed E-state index contributed by atoms with van der Waals surface area (Å²) in [5, 5.41) is 6.10. The molecule has 0 radical (unpaired) electrons. The van der Waals surface area contributed by atoms with Gasteiger partial charge in [-0.3, -0.25) is 0 Å². The summed E-state index contributed by atoms with van der Waals surface area (Å²) >= 11 is 0. The number of aromatic nitrogens is 3. The number of rotatable bonds is 2.